The summed E-state index contributed by atoms with van der Waals surface area (Å²) in [7, 11) is 1.79. The predicted molar refractivity (Wildman–Crippen MR) is 116 cm³/mol. The zero-order chi connectivity index (χ0) is 20.2. The lowest BCUT2D eigenvalue weighted by molar-refractivity contribution is 0.353. The van der Waals surface area contributed by atoms with Crippen LogP contribution in [0.15, 0.2) is 30.9 Å². The number of ether oxygens (including phenoxy) is 1. The number of thioether (sulfide) groups is 1. The molecule has 4 rings (SSSR count). The lowest BCUT2D eigenvalue weighted by Gasteiger charge is -2.19. The molecular weight excluding hydrogens is 386 g/mol. The first-order valence-corrected chi connectivity index (χ1v) is 10.7. The second-order valence-corrected chi connectivity index (χ2v) is 7.71. The fourth-order valence-electron chi connectivity index (χ4n) is 3.30. The molecule has 9 heteroatoms. The van der Waals surface area contributed by atoms with E-state index in [1.54, 1.807) is 37.5 Å². The van der Waals surface area contributed by atoms with Gasteiger partial charge in [-0.2, -0.15) is 11.8 Å². The summed E-state index contributed by atoms with van der Waals surface area (Å²) in [5.41, 5.74) is 4.89. The van der Waals surface area contributed by atoms with Gasteiger partial charge in [0.25, 0.3) is 0 Å². The lowest BCUT2D eigenvalue weighted by Crippen LogP contribution is -2.12. The van der Waals surface area contributed by atoms with E-state index in [0.29, 0.717) is 19.1 Å². The number of nitrogens with one attached hydrogen (secondary N) is 2. The van der Waals surface area contributed by atoms with E-state index in [0.717, 1.165) is 40.6 Å². The van der Waals surface area contributed by atoms with Crippen molar-refractivity contribution in [3.8, 4) is 17.0 Å². The molecule has 8 nitrogen and oxygen atoms in total. The summed E-state index contributed by atoms with van der Waals surface area (Å²) in [6.45, 7) is 3.45. The largest absolute Gasteiger partial charge is 0.491 e. The van der Waals surface area contributed by atoms with Crippen LogP contribution < -0.4 is 15.4 Å². The maximum absolute atomic E-state index is 5.87. The van der Waals surface area contributed by atoms with E-state index in [1.165, 1.54) is 5.56 Å². The number of fused-ring (bicyclic) bond motifs is 1. The highest BCUT2D eigenvalue weighted by molar-refractivity contribution is 7.98. The van der Waals surface area contributed by atoms with Crippen LogP contribution >= 0.6 is 11.8 Å². The first-order valence-electron chi connectivity index (χ1n) is 9.40. The molecule has 1 aliphatic rings. The quantitative estimate of drug-likeness (QED) is 0.610. The number of aromatic nitrogens is 5. The molecule has 1 unspecified atom stereocenters. The van der Waals surface area contributed by atoms with Gasteiger partial charge in [-0.1, -0.05) is 0 Å². The molecule has 0 aliphatic carbocycles. The van der Waals surface area contributed by atoms with E-state index in [4.69, 9.17) is 4.74 Å². The Bertz CT molecular complexity index is 997. The maximum Gasteiger partial charge on any atom is 0.222 e. The van der Waals surface area contributed by atoms with Gasteiger partial charge in [-0.05, 0) is 19.2 Å². The molecule has 0 fully saturated rings. The molecule has 1 atom stereocenters. The van der Waals surface area contributed by atoms with Crippen molar-refractivity contribution in [1.82, 2.24) is 24.9 Å². The van der Waals surface area contributed by atoms with Crippen molar-refractivity contribution in [2.45, 2.75) is 18.6 Å². The number of nitrogens with zero attached hydrogens (tertiary/aromatic N) is 5. The molecule has 29 heavy (non-hydrogen) atoms. The minimum atomic E-state index is 0.222. The van der Waals surface area contributed by atoms with E-state index >= 15 is 0 Å². The van der Waals surface area contributed by atoms with Gasteiger partial charge in [-0.25, -0.2) is 19.9 Å². The van der Waals surface area contributed by atoms with Crippen LogP contribution in [0, 0.1) is 6.92 Å². The molecule has 3 aromatic rings. The van der Waals surface area contributed by atoms with Crippen molar-refractivity contribution in [3.63, 3.8) is 0 Å². The molecule has 2 N–H and O–H groups in total. The summed E-state index contributed by atoms with van der Waals surface area (Å²) < 4.78 is 5.87. The van der Waals surface area contributed by atoms with Gasteiger partial charge in [-0.15, -0.1) is 0 Å². The second kappa shape index (κ2) is 8.60. The molecule has 0 saturated heterocycles. The van der Waals surface area contributed by atoms with Gasteiger partial charge in [0, 0.05) is 55.3 Å². The van der Waals surface area contributed by atoms with Gasteiger partial charge in [0.05, 0.1) is 23.2 Å². The summed E-state index contributed by atoms with van der Waals surface area (Å²) in [6.07, 6.45) is 8.03. The van der Waals surface area contributed by atoms with Gasteiger partial charge in [-0.3, -0.25) is 4.98 Å². The standard InChI is InChI=1S/C20H23N7OS/c1-12-6-14(19-15(27-12)4-5-28-19)17(29-3)10-22-18-7-16(25-11-26-18)13-8-23-20(21-2)24-9-13/h6-9,11,17H,4-5,10H2,1-3H3,(H,21,23,24)(H,22,25,26). The second-order valence-electron chi connectivity index (χ2n) is 6.67. The summed E-state index contributed by atoms with van der Waals surface area (Å²) in [5, 5.41) is 6.57. The third kappa shape index (κ3) is 4.24. The van der Waals surface area contributed by atoms with Crippen molar-refractivity contribution in [3.05, 3.63) is 47.8 Å². The van der Waals surface area contributed by atoms with Gasteiger partial charge in [0.15, 0.2) is 0 Å². The molecule has 0 aromatic carbocycles. The third-order valence-electron chi connectivity index (χ3n) is 4.72. The van der Waals surface area contributed by atoms with E-state index in [-0.39, 0.29) is 5.25 Å². The summed E-state index contributed by atoms with van der Waals surface area (Å²) in [4.78, 5) is 21.8. The molecule has 3 aromatic heterocycles. The monoisotopic (exact) mass is 409 g/mol. The molecule has 0 saturated carbocycles. The fraction of sp³-hybridized carbons (Fsp3) is 0.350. The molecule has 0 spiro atoms. The highest BCUT2D eigenvalue weighted by atomic mass is 32.2. The van der Waals surface area contributed by atoms with Crippen LogP contribution in [0.3, 0.4) is 0 Å². The normalized spacial score (nSPS) is 13.5. The molecule has 0 amide bonds. The van der Waals surface area contributed by atoms with Crippen LogP contribution in [-0.2, 0) is 6.42 Å². The number of rotatable bonds is 7. The van der Waals surface area contributed by atoms with Crippen molar-refractivity contribution >= 4 is 23.5 Å². The van der Waals surface area contributed by atoms with Crippen molar-refractivity contribution < 1.29 is 4.74 Å². The Labute approximate surface area is 174 Å². The van der Waals surface area contributed by atoms with Crippen molar-refractivity contribution in [2.75, 3.05) is 37.1 Å². The molecule has 0 bridgehead atoms. The zero-order valence-corrected chi connectivity index (χ0v) is 17.5. The van der Waals surface area contributed by atoms with Crippen molar-refractivity contribution in [1.29, 1.82) is 0 Å². The smallest absolute Gasteiger partial charge is 0.222 e. The van der Waals surface area contributed by atoms with Gasteiger partial charge in [0.2, 0.25) is 5.95 Å². The van der Waals surface area contributed by atoms with Crippen LogP contribution in [0.4, 0.5) is 11.8 Å². The van der Waals surface area contributed by atoms with Crippen LogP contribution in [-0.4, -0.2) is 51.4 Å². The van der Waals surface area contributed by atoms with Crippen molar-refractivity contribution in [2.24, 2.45) is 0 Å². The van der Waals surface area contributed by atoms with Crippen LogP contribution in [0.25, 0.3) is 11.3 Å². The number of pyridine rings is 1. The zero-order valence-electron chi connectivity index (χ0n) is 16.6. The van der Waals surface area contributed by atoms with Crippen LogP contribution in [0.5, 0.6) is 5.75 Å². The minimum absolute atomic E-state index is 0.222. The Hall–Kier alpha value is -2.94. The van der Waals surface area contributed by atoms with E-state index in [1.807, 2.05) is 13.0 Å². The lowest BCUT2D eigenvalue weighted by atomic mass is 10.1. The molecule has 0 radical (unpaired) electrons. The number of aryl methyl sites for hydroxylation is 1. The number of hydrogen-bond acceptors (Lipinski definition) is 9. The highest BCUT2D eigenvalue weighted by Gasteiger charge is 2.24. The number of hydrogen-bond donors (Lipinski definition) is 2. The highest BCUT2D eigenvalue weighted by Crippen LogP contribution is 2.38. The van der Waals surface area contributed by atoms with E-state index < -0.39 is 0 Å². The van der Waals surface area contributed by atoms with Gasteiger partial charge < -0.3 is 15.4 Å². The predicted octanol–water partition coefficient (Wildman–Crippen LogP) is 3.13. The van der Waals surface area contributed by atoms with Gasteiger partial charge >= 0.3 is 0 Å². The molecule has 1 aliphatic heterocycles. The average molecular weight is 410 g/mol. The third-order valence-corrected chi connectivity index (χ3v) is 5.71. The maximum atomic E-state index is 5.87. The van der Waals surface area contributed by atoms with Gasteiger partial charge in [0.1, 0.15) is 17.9 Å². The fourth-order valence-corrected chi connectivity index (χ4v) is 3.98. The molecule has 4 heterocycles. The first-order chi connectivity index (χ1) is 14.2. The molecular formula is C20H23N7OS. The van der Waals surface area contributed by atoms with E-state index in [9.17, 15) is 0 Å². The Morgan fingerprint density at radius 2 is 2.00 bits per heavy atom. The topological polar surface area (TPSA) is 97.7 Å². The van der Waals surface area contributed by atoms with E-state index in [2.05, 4.69) is 47.9 Å². The Kier molecular flexibility index (Phi) is 5.75. The SMILES string of the molecule is CNc1ncc(-c2cc(NCC(SC)c3cc(C)nc4c3OCC4)ncn2)cn1. The minimum Gasteiger partial charge on any atom is -0.491 e. The Morgan fingerprint density at radius 1 is 1.17 bits per heavy atom. The number of anilines is 2. The Balaban J connectivity index is 1.51. The summed E-state index contributed by atoms with van der Waals surface area (Å²) in [5.74, 6) is 2.28. The van der Waals surface area contributed by atoms with Crippen LogP contribution in [0.1, 0.15) is 22.2 Å². The first kappa shape index (κ1) is 19.4. The van der Waals surface area contributed by atoms with Crippen LogP contribution in [0.2, 0.25) is 0 Å². The summed E-state index contributed by atoms with van der Waals surface area (Å²) in [6, 6.07) is 4.03. The Morgan fingerprint density at radius 3 is 2.76 bits per heavy atom. The molecule has 150 valence electrons. The summed E-state index contributed by atoms with van der Waals surface area (Å²) >= 11 is 1.78. The average Bonchev–Trinajstić information content (AvgIpc) is 3.23.